The Kier molecular flexibility index (Phi) is 3.18. The number of piperidine rings is 1. The van der Waals surface area contributed by atoms with Crippen molar-refractivity contribution in [1.82, 2.24) is 4.90 Å². The highest BCUT2D eigenvalue weighted by Crippen LogP contribution is 2.65. The van der Waals surface area contributed by atoms with Gasteiger partial charge in [0.2, 0.25) is 5.91 Å². The first kappa shape index (κ1) is 16.8. The molecule has 1 amide bonds. The number of Topliss-reactive ketones (excluding diaryl/α,β-unsaturated/α-hetero) is 1. The number of carbonyl (C=O) groups excluding carboxylic acids is 2. The molecule has 5 aliphatic rings. The van der Waals surface area contributed by atoms with E-state index in [4.69, 9.17) is 9.47 Å². The summed E-state index contributed by atoms with van der Waals surface area (Å²) in [6.45, 7) is 0.575. The fourth-order valence-corrected chi connectivity index (χ4v) is 6.63. The van der Waals surface area contributed by atoms with E-state index in [9.17, 15) is 14.7 Å². The molecule has 2 bridgehead atoms. The first-order valence-electron chi connectivity index (χ1n) is 10.4. The average molecular weight is 383 g/mol. The quantitative estimate of drug-likeness (QED) is 0.842. The molecular weight excluding hydrogens is 358 g/mol. The van der Waals surface area contributed by atoms with Gasteiger partial charge in [-0.1, -0.05) is 12.5 Å². The van der Waals surface area contributed by atoms with Crippen LogP contribution < -0.4 is 9.47 Å². The minimum atomic E-state index is -1.13. The molecule has 2 heterocycles. The van der Waals surface area contributed by atoms with Crippen LogP contribution in [0.3, 0.4) is 0 Å². The lowest BCUT2D eigenvalue weighted by Crippen LogP contribution is -2.77. The molecule has 2 saturated carbocycles. The Morgan fingerprint density at radius 3 is 2.86 bits per heavy atom. The van der Waals surface area contributed by atoms with Gasteiger partial charge < -0.3 is 19.5 Å². The summed E-state index contributed by atoms with van der Waals surface area (Å²) < 4.78 is 11.7. The molecule has 6 nitrogen and oxygen atoms in total. The molecule has 1 spiro atoms. The molecule has 3 aliphatic carbocycles. The van der Waals surface area contributed by atoms with Crippen molar-refractivity contribution in [3.63, 3.8) is 0 Å². The zero-order chi connectivity index (χ0) is 19.3. The third-order valence-electron chi connectivity index (χ3n) is 8.20. The van der Waals surface area contributed by atoms with Crippen LogP contribution in [0.1, 0.15) is 49.7 Å². The third kappa shape index (κ3) is 1.70. The van der Waals surface area contributed by atoms with Crippen LogP contribution in [0.5, 0.6) is 11.5 Å². The lowest BCUT2D eigenvalue weighted by molar-refractivity contribution is -0.195. The standard InChI is InChI=1S/C22H25NO5/c1-27-15-6-5-13-11-16-22(26)8-7-14(24)19-21(22,17(13)18(15)28-19)9-10-23(16)20(25)12-3-2-4-12/h5-6,12,16,19,26H,2-4,7-11H2,1H3. The SMILES string of the molecule is COc1ccc2c3c1OC1C(=O)CCC4(O)C(C2)N(C(=O)C2CCC2)CCC314. The normalized spacial score (nSPS) is 37.8. The molecule has 0 radical (unpaired) electrons. The maximum atomic E-state index is 13.2. The van der Waals surface area contributed by atoms with Crippen molar-refractivity contribution in [3.05, 3.63) is 23.3 Å². The minimum absolute atomic E-state index is 0.0493. The Morgan fingerprint density at radius 2 is 2.14 bits per heavy atom. The van der Waals surface area contributed by atoms with E-state index in [1.165, 1.54) is 0 Å². The summed E-state index contributed by atoms with van der Waals surface area (Å²) in [5.41, 5.74) is 0.141. The number of rotatable bonds is 2. The minimum Gasteiger partial charge on any atom is -0.493 e. The van der Waals surface area contributed by atoms with E-state index in [1.807, 2.05) is 17.0 Å². The van der Waals surface area contributed by atoms with Crippen LogP contribution in [0, 0.1) is 5.92 Å². The highest BCUT2D eigenvalue weighted by Gasteiger charge is 2.73. The van der Waals surface area contributed by atoms with Gasteiger partial charge in [0.05, 0.1) is 24.2 Å². The number of carbonyl (C=O) groups is 2. The molecule has 6 rings (SSSR count). The predicted molar refractivity (Wildman–Crippen MR) is 99.4 cm³/mol. The smallest absolute Gasteiger partial charge is 0.226 e. The molecule has 1 aromatic rings. The predicted octanol–water partition coefficient (Wildman–Crippen LogP) is 1.75. The molecule has 1 saturated heterocycles. The van der Waals surface area contributed by atoms with E-state index in [-0.39, 0.29) is 30.1 Å². The van der Waals surface area contributed by atoms with Gasteiger partial charge in [0.25, 0.3) is 0 Å². The number of aliphatic hydroxyl groups is 1. The van der Waals surface area contributed by atoms with E-state index < -0.39 is 17.1 Å². The van der Waals surface area contributed by atoms with Crippen LogP contribution in [0.2, 0.25) is 0 Å². The summed E-state index contributed by atoms with van der Waals surface area (Å²) >= 11 is 0. The molecule has 148 valence electrons. The van der Waals surface area contributed by atoms with E-state index >= 15 is 0 Å². The van der Waals surface area contributed by atoms with Gasteiger partial charge in [-0.25, -0.2) is 0 Å². The molecule has 28 heavy (non-hydrogen) atoms. The average Bonchev–Trinajstić information content (AvgIpc) is 2.98. The van der Waals surface area contributed by atoms with E-state index in [0.717, 1.165) is 30.4 Å². The molecule has 1 aromatic carbocycles. The molecule has 3 fully saturated rings. The number of hydrogen-bond acceptors (Lipinski definition) is 5. The number of hydrogen-bond donors (Lipinski definition) is 1. The van der Waals surface area contributed by atoms with E-state index in [0.29, 0.717) is 37.3 Å². The molecule has 2 aliphatic heterocycles. The van der Waals surface area contributed by atoms with Crippen LogP contribution in [-0.4, -0.2) is 53.1 Å². The summed E-state index contributed by atoms with van der Waals surface area (Å²) in [7, 11) is 1.60. The van der Waals surface area contributed by atoms with Crippen LogP contribution in [0.25, 0.3) is 0 Å². The Bertz CT molecular complexity index is 908. The van der Waals surface area contributed by atoms with Crippen molar-refractivity contribution in [3.8, 4) is 11.5 Å². The Labute approximate surface area is 163 Å². The second-order valence-corrected chi connectivity index (χ2v) is 9.12. The van der Waals surface area contributed by atoms with Crippen molar-refractivity contribution in [2.75, 3.05) is 13.7 Å². The van der Waals surface area contributed by atoms with Gasteiger partial charge in [0.1, 0.15) is 0 Å². The van der Waals surface area contributed by atoms with E-state index in [2.05, 4.69) is 0 Å². The lowest BCUT2D eigenvalue weighted by Gasteiger charge is -2.62. The van der Waals surface area contributed by atoms with Crippen molar-refractivity contribution in [2.24, 2.45) is 5.92 Å². The number of likely N-dealkylation sites (tertiary alicyclic amines) is 1. The van der Waals surface area contributed by atoms with Crippen molar-refractivity contribution in [1.29, 1.82) is 0 Å². The van der Waals surface area contributed by atoms with Gasteiger partial charge in [-0.2, -0.15) is 0 Å². The molecular formula is C22H25NO5. The number of methoxy groups -OCH3 is 1. The van der Waals surface area contributed by atoms with Gasteiger partial charge in [-0.15, -0.1) is 0 Å². The molecule has 0 aromatic heterocycles. The zero-order valence-corrected chi connectivity index (χ0v) is 16.1. The van der Waals surface area contributed by atoms with Gasteiger partial charge >= 0.3 is 0 Å². The van der Waals surface area contributed by atoms with Crippen molar-refractivity contribution in [2.45, 2.75) is 68.1 Å². The first-order chi connectivity index (χ1) is 13.5. The number of ether oxygens (including phenoxy) is 2. The Morgan fingerprint density at radius 1 is 1.32 bits per heavy atom. The number of nitrogens with zero attached hydrogens (tertiary/aromatic N) is 1. The van der Waals surface area contributed by atoms with Gasteiger partial charge in [-0.3, -0.25) is 9.59 Å². The van der Waals surface area contributed by atoms with Crippen molar-refractivity contribution < 1.29 is 24.2 Å². The first-order valence-corrected chi connectivity index (χ1v) is 10.4. The summed E-state index contributed by atoms with van der Waals surface area (Å²) in [4.78, 5) is 28.0. The van der Waals surface area contributed by atoms with Crippen LogP contribution in [-0.2, 0) is 21.4 Å². The zero-order valence-electron chi connectivity index (χ0n) is 16.1. The summed E-state index contributed by atoms with van der Waals surface area (Å²) in [6.07, 6.45) is 4.17. The number of benzene rings is 1. The van der Waals surface area contributed by atoms with Gasteiger partial charge in [0, 0.05) is 24.4 Å². The topological polar surface area (TPSA) is 76.1 Å². The summed E-state index contributed by atoms with van der Waals surface area (Å²) in [5, 5.41) is 12.1. The lowest BCUT2D eigenvalue weighted by atomic mass is 9.49. The maximum Gasteiger partial charge on any atom is 0.226 e. The summed E-state index contributed by atoms with van der Waals surface area (Å²) in [5.74, 6) is 1.57. The van der Waals surface area contributed by atoms with Crippen LogP contribution in [0.4, 0.5) is 0 Å². The molecule has 4 atom stereocenters. The fourth-order valence-electron chi connectivity index (χ4n) is 6.63. The van der Waals surface area contributed by atoms with Gasteiger partial charge in [0.15, 0.2) is 23.4 Å². The fraction of sp³-hybridized carbons (Fsp3) is 0.636. The Hall–Kier alpha value is -2.08. The molecule has 1 N–H and O–H groups in total. The molecule has 6 heteroatoms. The second-order valence-electron chi connectivity index (χ2n) is 9.12. The Balaban J connectivity index is 1.55. The number of ketones is 1. The maximum absolute atomic E-state index is 13.2. The highest BCUT2D eigenvalue weighted by molar-refractivity contribution is 5.90. The third-order valence-corrected chi connectivity index (χ3v) is 8.20. The highest BCUT2D eigenvalue weighted by atomic mass is 16.5. The number of amides is 1. The summed E-state index contributed by atoms with van der Waals surface area (Å²) in [6, 6.07) is 3.61. The van der Waals surface area contributed by atoms with E-state index in [1.54, 1.807) is 7.11 Å². The second kappa shape index (κ2) is 5.29. The van der Waals surface area contributed by atoms with Gasteiger partial charge in [-0.05, 0) is 43.7 Å². The monoisotopic (exact) mass is 383 g/mol. The molecule has 4 unspecified atom stereocenters. The largest absolute Gasteiger partial charge is 0.493 e. The van der Waals surface area contributed by atoms with Crippen molar-refractivity contribution >= 4 is 11.7 Å². The van der Waals surface area contributed by atoms with Crippen LogP contribution in [0.15, 0.2) is 12.1 Å². The van der Waals surface area contributed by atoms with Crippen LogP contribution >= 0.6 is 0 Å².